The standard InChI is InChI=1S/C10H10N3O3.BrH/c1-15-9(14)6-13-4-2-8(3-5-13)10-12-11-7-16-10;/h2-5,7H,6H2,1H3;1H/q+1;/p-1. The molecule has 2 aromatic heterocycles. The van der Waals surface area contributed by atoms with E-state index in [1.54, 1.807) is 29.1 Å². The largest absolute Gasteiger partial charge is 1.00 e. The highest BCUT2D eigenvalue weighted by Crippen LogP contribution is 2.12. The third-order valence-corrected chi connectivity index (χ3v) is 2.04. The van der Waals surface area contributed by atoms with Crippen molar-refractivity contribution in [3.63, 3.8) is 0 Å². The van der Waals surface area contributed by atoms with Gasteiger partial charge in [0.15, 0.2) is 12.4 Å². The Morgan fingerprint density at radius 1 is 1.47 bits per heavy atom. The first-order chi connectivity index (χ1) is 7.79. The Hall–Kier alpha value is -1.76. The van der Waals surface area contributed by atoms with Crippen LogP contribution in [0.1, 0.15) is 0 Å². The number of aromatic nitrogens is 3. The van der Waals surface area contributed by atoms with Crippen molar-refractivity contribution in [1.82, 2.24) is 10.2 Å². The van der Waals surface area contributed by atoms with Crippen molar-refractivity contribution in [1.29, 1.82) is 0 Å². The van der Waals surface area contributed by atoms with Crippen LogP contribution in [0.3, 0.4) is 0 Å². The second-order valence-electron chi connectivity index (χ2n) is 3.08. The van der Waals surface area contributed by atoms with Crippen LogP contribution in [0, 0.1) is 0 Å². The summed E-state index contributed by atoms with van der Waals surface area (Å²) in [7, 11) is 1.36. The van der Waals surface area contributed by atoms with Crippen molar-refractivity contribution in [2.75, 3.05) is 7.11 Å². The van der Waals surface area contributed by atoms with Gasteiger partial charge in [0, 0.05) is 12.1 Å². The second-order valence-corrected chi connectivity index (χ2v) is 3.08. The lowest BCUT2D eigenvalue weighted by Crippen LogP contribution is -3.00. The molecule has 7 heteroatoms. The van der Waals surface area contributed by atoms with Crippen molar-refractivity contribution >= 4 is 5.97 Å². The summed E-state index contributed by atoms with van der Waals surface area (Å²) < 4.78 is 11.3. The summed E-state index contributed by atoms with van der Waals surface area (Å²) >= 11 is 0. The molecule has 2 rings (SSSR count). The molecule has 0 aliphatic carbocycles. The number of hydrogen-bond donors (Lipinski definition) is 0. The maximum absolute atomic E-state index is 11.0. The van der Waals surface area contributed by atoms with E-state index in [0.717, 1.165) is 5.56 Å². The van der Waals surface area contributed by atoms with Gasteiger partial charge in [-0.1, -0.05) is 0 Å². The van der Waals surface area contributed by atoms with Gasteiger partial charge >= 0.3 is 5.97 Å². The van der Waals surface area contributed by atoms with Crippen molar-refractivity contribution in [3.8, 4) is 11.5 Å². The van der Waals surface area contributed by atoms with E-state index in [-0.39, 0.29) is 29.5 Å². The van der Waals surface area contributed by atoms with Crippen LogP contribution in [-0.2, 0) is 16.1 Å². The zero-order valence-corrected chi connectivity index (χ0v) is 10.6. The quantitative estimate of drug-likeness (QED) is 0.452. The van der Waals surface area contributed by atoms with E-state index in [2.05, 4.69) is 14.9 Å². The normalized spacial score (nSPS) is 9.47. The Morgan fingerprint density at radius 3 is 2.71 bits per heavy atom. The van der Waals surface area contributed by atoms with Crippen molar-refractivity contribution in [3.05, 3.63) is 30.9 Å². The minimum Gasteiger partial charge on any atom is -1.00 e. The topological polar surface area (TPSA) is 69.1 Å². The van der Waals surface area contributed by atoms with Crippen molar-refractivity contribution in [2.45, 2.75) is 6.54 Å². The van der Waals surface area contributed by atoms with Crippen molar-refractivity contribution < 1.29 is 35.5 Å². The van der Waals surface area contributed by atoms with E-state index in [1.165, 1.54) is 13.5 Å². The lowest BCUT2D eigenvalue weighted by atomic mass is 10.3. The SMILES string of the molecule is COC(=O)C[n+]1ccc(-c2nnco2)cc1.[Br-]. The smallest absolute Gasteiger partial charge is 0.372 e. The van der Waals surface area contributed by atoms with Crippen LogP contribution in [0.5, 0.6) is 0 Å². The van der Waals surface area contributed by atoms with Gasteiger partial charge in [0.1, 0.15) is 0 Å². The number of rotatable bonds is 3. The van der Waals surface area contributed by atoms with Gasteiger partial charge in [0.05, 0.1) is 12.7 Å². The van der Waals surface area contributed by atoms with Crippen LogP contribution in [0.15, 0.2) is 35.3 Å². The number of ether oxygens (including phenoxy) is 1. The molecular weight excluding hydrogens is 290 g/mol. The summed E-state index contributed by atoms with van der Waals surface area (Å²) in [6, 6.07) is 3.58. The third-order valence-electron chi connectivity index (χ3n) is 2.04. The third kappa shape index (κ3) is 3.35. The average molecular weight is 300 g/mol. The number of hydrogen-bond acceptors (Lipinski definition) is 5. The number of halogens is 1. The summed E-state index contributed by atoms with van der Waals surface area (Å²) in [6.07, 6.45) is 4.76. The Bertz CT molecular complexity index is 470. The molecule has 0 aromatic carbocycles. The first-order valence-electron chi connectivity index (χ1n) is 4.62. The molecule has 0 atom stereocenters. The first kappa shape index (κ1) is 13.3. The summed E-state index contributed by atoms with van der Waals surface area (Å²) in [4.78, 5) is 11.0. The molecule has 0 saturated carbocycles. The molecule has 0 N–H and O–H groups in total. The van der Waals surface area contributed by atoms with Gasteiger partial charge in [-0.05, 0) is 0 Å². The minimum atomic E-state index is -0.296. The zero-order chi connectivity index (χ0) is 11.4. The molecule has 2 aromatic rings. The van der Waals surface area contributed by atoms with E-state index < -0.39 is 0 Å². The molecule has 0 radical (unpaired) electrons. The molecule has 0 saturated heterocycles. The molecule has 0 fully saturated rings. The van der Waals surface area contributed by atoms with Gasteiger partial charge in [-0.2, -0.15) is 4.57 Å². The lowest BCUT2D eigenvalue weighted by molar-refractivity contribution is -0.685. The number of nitrogens with zero attached hydrogens (tertiary/aromatic N) is 3. The number of esters is 1. The fraction of sp³-hybridized carbons (Fsp3) is 0.200. The lowest BCUT2D eigenvalue weighted by Gasteiger charge is -1.96. The van der Waals surface area contributed by atoms with Gasteiger partial charge in [-0.3, -0.25) is 0 Å². The Kier molecular flexibility index (Phi) is 4.77. The van der Waals surface area contributed by atoms with Crippen LogP contribution < -0.4 is 21.5 Å². The number of pyridine rings is 1. The van der Waals surface area contributed by atoms with E-state index >= 15 is 0 Å². The molecule has 0 aliphatic heterocycles. The average Bonchev–Trinajstić information content (AvgIpc) is 2.83. The summed E-state index contributed by atoms with van der Waals surface area (Å²) in [5.74, 6) is 0.153. The number of carbonyl (C=O) groups excluding carboxylic acids is 1. The maximum Gasteiger partial charge on any atom is 0.372 e. The van der Waals surface area contributed by atoms with Gasteiger partial charge in [0.2, 0.25) is 18.8 Å². The number of carbonyl (C=O) groups is 1. The summed E-state index contributed by atoms with van der Waals surface area (Å²) in [6.45, 7) is 0.181. The highest BCUT2D eigenvalue weighted by Gasteiger charge is 2.10. The maximum atomic E-state index is 11.0. The molecule has 0 spiro atoms. The Balaban J connectivity index is 0.00000144. The zero-order valence-electron chi connectivity index (χ0n) is 9.04. The Labute approximate surface area is 108 Å². The predicted octanol–water partition coefficient (Wildman–Crippen LogP) is -2.80. The van der Waals surface area contributed by atoms with E-state index in [1.807, 2.05) is 0 Å². The molecule has 17 heavy (non-hydrogen) atoms. The van der Waals surface area contributed by atoms with Crippen LogP contribution in [0.25, 0.3) is 11.5 Å². The highest BCUT2D eigenvalue weighted by atomic mass is 79.9. The minimum absolute atomic E-state index is 0. The second kappa shape index (κ2) is 6.09. The van der Waals surface area contributed by atoms with Crippen molar-refractivity contribution in [2.24, 2.45) is 0 Å². The molecular formula is C10H10BrN3O3. The molecule has 6 nitrogen and oxygen atoms in total. The van der Waals surface area contributed by atoms with Crippen LogP contribution in [0.4, 0.5) is 0 Å². The van der Waals surface area contributed by atoms with Gasteiger partial charge in [-0.15, -0.1) is 10.2 Å². The first-order valence-corrected chi connectivity index (χ1v) is 4.62. The molecule has 0 amide bonds. The molecule has 0 bridgehead atoms. The van der Waals surface area contributed by atoms with Crippen LogP contribution in [0.2, 0.25) is 0 Å². The van der Waals surface area contributed by atoms with Crippen LogP contribution >= 0.6 is 0 Å². The monoisotopic (exact) mass is 299 g/mol. The van der Waals surface area contributed by atoms with Gasteiger partial charge < -0.3 is 26.1 Å². The van der Waals surface area contributed by atoms with E-state index in [0.29, 0.717) is 5.89 Å². The molecule has 0 unspecified atom stereocenters. The summed E-state index contributed by atoms with van der Waals surface area (Å²) in [5.41, 5.74) is 0.804. The Morgan fingerprint density at radius 2 is 2.18 bits per heavy atom. The van der Waals surface area contributed by atoms with Gasteiger partial charge in [-0.25, -0.2) is 4.79 Å². The molecule has 2 heterocycles. The fourth-order valence-electron chi connectivity index (χ4n) is 1.22. The fourth-order valence-corrected chi connectivity index (χ4v) is 1.22. The molecule has 90 valence electrons. The van der Waals surface area contributed by atoms with E-state index in [4.69, 9.17) is 4.42 Å². The van der Waals surface area contributed by atoms with Gasteiger partial charge in [0.25, 0.3) is 0 Å². The highest BCUT2D eigenvalue weighted by molar-refractivity contribution is 5.67. The predicted molar refractivity (Wildman–Crippen MR) is 51.9 cm³/mol. The summed E-state index contributed by atoms with van der Waals surface area (Å²) in [5, 5.41) is 7.36. The number of methoxy groups -OCH3 is 1. The van der Waals surface area contributed by atoms with E-state index in [9.17, 15) is 4.79 Å². The molecule has 0 aliphatic rings. The van der Waals surface area contributed by atoms with Crippen LogP contribution in [-0.4, -0.2) is 23.3 Å².